The quantitative estimate of drug-likeness (QED) is 0.430. The number of para-hydroxylation sites is 1. The summed E-state index contributed by atoms with van der Waals surface area (Å²) in [5.74, 6) is 0.765. The topological polar surface area (TPSA) is 91.1 Å². The van der Waals surface area contributed by atoms with Crippen LogP contribution >= 0.6 is 11.6 Å². The van der Waals surface area contributed by atoms with Crippen molar-refractivity contribution in [1.29, 1.82) is 0 Å². The molecule has 0 spiro atoms. The second-order valence-corrected chi connectivity index (χ2v) is 6.28. The lowest BCUT2D eigenvalue weighted by Crippen LogP contribution is -2.05. The molecule has 0 amide bonds. The fourth-order valence-corrected chi connectivity index (χ4v) is 2.51. The van der Waals surface area contributed by atoms with Gasteiger partial charge in [0.2, 0.25) is 11.8 Å². The molecule has 0 N–H and O–H groups in total. The highest BCUT2D eigenvalue weighted by molar-refractivity contribution is 6.32. The third kappa shape index (κ3) is 5.79. The molecule has 1 aromatic carbocycles. The Morgan fingerprint density at radius 3 is 2.32 bits per heavy atom. The van der Waals surface area contributed by atoms with Gasteiger partial charge in [0, 0.05) is 11.8 Å². The normalized spacial score (nSPS) is 11.5. The van der Waals surface area contributed by atoms with Gasteiger partial charge in [-0.2, -0.15) is 28.3 Å². The average molecular weight is 454 g/mol. The smallest absolute Gasteiger partial charge is 0.417 e. The maximum atomic E-state index is 12.7. The summed E-state index contributed by atoms with van der Waals surface area (Å²) in [6, 6.07) is 9.13. The first-order valence-corrected chi connectivity index (χ1v) is 9.01. The number of methoxy groups -OCH3 is 2. The molecule has 0 fully saturated rings. The molecule has 12 heteroatoms. The fraction of sp³-hybridized carbons (Fsp3) is 0.211. The number of alkyl halides is 3. The van der Waals surface area contributed by atoms with Crippen LogP contribution in [-0.4, -0.2) is 29.2 Å². The van der Waals surface area contributed by atoms with Crippen molar-refractivity contribution in [3.63, 3.8) is 0 Å². The number of ether oxygens (including phenoxy) is 3. The number of azo groups is 1. The first kappa shape index (κ1) is 22.2. The van der Waals surface area contributed by atoms with E-state index in [1.807, 2.05) is 0 Å². The van der Waals surface area contributed by atoms with Crippen molar-refractivity contribution in [2.45, 2.75) is 12.7 Å². The predicted molar refractivity (Wildman–Crippen MR) is 104 cm³/mol. The Bertz CT molecular complexity index is 1070. The van der Waals surface area contributed by atoms with Crippen LogP contribution in [0.2, 0.25) is 5.02 Å². The lowest BCUT2D eigenvalue weighted by Gasteiger charge is -2.10. The van der Waals surface area contributed by atoms with E-state index in [9.17, 15) is 13.2 Å². The maximum absolute atomic E-state index is 12.7. The number of halogens is 4. The van der Waals surface area contributed by atoms with Crippen LogP contribution < -0.4 is 14.2 Å². The third-order valence-electron chi connectivity index (χ3n) is 3.81. The van der Waals surface area contributed by atoms with Crippen LogP contribution in [0.5, 0.6) is 23.5 Å². The molecule has 162 valence electrons. The number of nitrogens with zero attached hydrogens (tertiary/aromatic N) is 5. The van der Waals surface area contributed by atoms with Crippen molar-refractivity contribution >= 4 is 17.4 Å². The number of benzene rings is 1. The van der Waals surface area contributed by atoms with Gasteiger partial charge in [0.15, 0.2) is 5.82 Å². The Hall–Kier alpha value is -3.47. The molecule has 2 heterocycles. The lowest BCUT2D eigenvalue weighted by atomic mass is 10.2. The molecule has 0 aliphatic heterocycles. The van der Waals surface area contributed by atoms with E-state index in [1.54, 1.807) is 24.3 Å². The second-order valence-electron chi connectivity index (χ2n) is 5.87. The van der Waals surface area contributed by atoms with Gasteiger partial charge in [-0.15, -0.1) is 5.11 Å². The molecule has 31 heavy (non-hydrogen) atoms. The molecule has 0 radical (unpaired) electrons. The van der Waals surface area contributed by atoms with Gasteiger partial charge in [0.1, 0.15) is 5.75 Å². The van der Waals surface area contributed by atoms with E-state index in [1.165, 1.54) is 20.3 Å². The van der Waals surface area contributed by atoms with Crippen LogP contribution in [0.25, 0.3) is 0 Å². The molecule has 0 bridgehead atoms. The number of hydrogen-bond acceptors (Lipinski definition) is 8. The van der Waals surface area contributed by atoms with E-state index in [0.29, 0.717) is 17.5 Å². The zero-order chi connectivity index (χ0) is 22.4. The Labute approximate surface area is 179 Å². The van der Waals surface area contributed by atoms with Crippen molar-refractivity contribution in [2.75, 3.05) is 14.2 Å². The van der Waals surface area contributed by atoms with E-state index < -0.39 is 11.7 Å². The SMILES string of the molecule is COc1cc(OC)nc(Oc2ccccc2CN=Nc2ncc(C(F)(F)F)cc2Cl)n1. The molecule has 0 saturated heterocycles. The van der Waals surface area contributed by atoms with Gasteiger partial charge in [-0.3, -0.25) is 0 Å². The predicted octanol–water partition coefficient (Wildman–Crippen LogP) is 5.64. The molecule has 3 rings (SSSR count). The Balaban J connectivity index is 1.77. The van der Waals surface area contributed by atoms with E-state index in [-0.39, 0.29) is 35.2 Å². The zero-order valence-corrected chi connectivity index (χ0v) is 17.0. The zero-order valence-electron chi connectivity index (χ0n) is 16.2. The molecule has 0 aliphatic carbocycles. The molecule has 2 aromatic heterocycles. The summed E-state index contributed by atoms with van der Waals surface area (Å²) >= 11 is 5.83. The van der Waals surface area contributed by atoms with Crippen molar-refractivity contribution in [1.82, 2.24) is 15.0 Å². The number of hydrogen-bond donors (Lipinski definition) is 0. The summed E-state index contributed by atoms with van der Waals surface area (Å²) in [5.41, 5.74) is -0.358. The Kier molecular flexibility index (Phi) is 6.85. The van der Waals surface area contributed by atoms with Crippen molar-refractivity contribution in [3.05, 3.63) is 58.7 Å². The van der Waals surface area contributed by atoms with E-state index in [4.69, 9.17) is 25.8 Å². The summed E-state index contributed by atoms with van der Waals surface area (Å²) in [4.78, 5) is 11.8. The van der Waals surface area contributed by atoms with Crippen LogP contribution in [0.4, 0.5) is 19.0 Å². The minimum atomic E-state index is -4.55. The van der Waals surface area contributed by atoms with Gasteiger partial charge < -0.3 is 14.2 Å². The Morgan fingerprint density at radius 2 is 1.71 bits per heavy atom. The molecule has 0 saturated carbocycles. The molecule has 3 aromatic rings. The number of rotatable bonds is 7. The van der Waals surface area contributed by atoms with Gasteiger partial charge in [0.05, 0.1) is 37.4 Å². The highest BCUT2D eigenvalue weighted by Crippen LogP contribution is 2.33. The summed E-state index contributed by atoms with van der Waals surface area (Å²) < 4.78 is 54.0. The first-order valence-electron chi connectivity index (χ1n) is 8.63. The van der Waals surface area contributed by atoms with Crippen LogP contribution in [-0.2, 0) is 12.7 Å². The molecule has 0 aliphatic rings. The summed E-state index contributed by atoms with van der Waals surface area (Å²) in [6.45, 7) is 0.0380. The van der Waals surface area contributed by atoms with Crippen LogP contribution in [0, 0.1) is 0 Å². The monoisotopic (exact) mass is 453 g/mol. The highest BCUT2D eigenvalue weighted by Gasteiger charge is 2.31. The van der Waals surface area contributed by atoms with Crippen molar-refractivity contribution in [2.24, 2.45) is 10.2 Å². The van der Waals surface area contributed by atoms with Gasteiger partial charge >= 0.3 is 12.2 Å². The first-order chi connectivity index (χ1) is 14.8. The highest BCUT2D eigenvalue weighted by atomic mass is 35.5. The van der Waals surface area contributed by atoms with Gasteiger partial charge in [-0.05, 0) is 12.1 Å². The molecular weight excluding hydrogens is 439 g/mol. The lowest BCUT2D eigenvalue weighted by molar-refractivity contribution is -0.137. The molecule has 0 atom stereocenters. The number of aromatic nitrogens is 3. The van der Waals surface area contributed by atoms with Crippen molar-refractivity contribution in [3.8, 4) is 23.5 Å². The average Bonchev–Trinajstić information content (AvgIpc) is 2.75. The summed E-state index contributed by atoms with van der Waals surface area (Å²) in [5, 5.41) is 7.51. The minimum Gasteiger partial charge on any atom is -0.481 e. The van der Waals surface area contributed by atoms with Crippen LogP contribution in [0.15, 0.2) is 52.8 Å². The van der Waals surface area contributed by atoms with Gasteiger partial charge in [-0.1, -0.05) is 29.8 Å². The largest absolute Gasteiger partial charge is 0.481 e. The standard InChI is InChI=1S/C19H15ClF3N5O3/c1-29-15-8-16(30-2)27-18(26-15)31-14-6-4-3-5-11(14)9-25-28-17-13(20)7-12(10-24-17)19(21,22)23/h3-8,10H,9H2,1-2H3. The fourth-order valence-electron chi connectivity index (χ4n) is 2.31. The molecule has 0 unspecified atom stereocenters. The minimum absolute atomic E-state index is 0.00645. The molecular formula is C19H15ClF3N5O3. The second kappa shape index (κ2) is 9.56. The van der Waals surface area contributed by atoms with Crippen LogP contribution in [0.1, 0.15) is 11.1 Å². The van der Waals surface area contributed by atoms with E-state index >= 15 is 0 Å². The van der Waals surface area contributed by atoms with Gasteiger partial charge in [0.25, 0.3) is 0 Å². The van der Waals surface area contributed by atoms with Crippen LogP contribution in [0.3, 0.4) is 0 Å². The molecule has 8 nitrogen and oxygen atoms in total. The Morgan fingerprint density at radius 1 is 1.03 bits per heavy atom. The van der Waals surface area contributed by atoms with Gasteiger partial charge in [-0.25, -0.2) is 4.98 Å². The van der Waals surface area contributed by atoms with E-state index in [2.05, 4.69) is 25.2 Å². The number of pyridine rings is 1. The maximum Gasteiger partial charge on any atom is 0.417 e. The third-order valence-corrected chi connectivity index (χ3v) is 4.08. The summed E-state index contributed by atoms with van der Waals surface area (Å²) in [6.07, 6.45) is -3.90. The summed E-state index contributed by atoms with van der Waals surface area (Å²) in [7, 11) is 2.89. The van der Waals surface area contributed by atoms with Crippen molar-refractivity contribution < 1.29 is 27.4 Å². The van der Waals surface area contributed by atoms with E-state index in [0.717, 1.165) is 6.07 Å².